The Morgan fingerprint density at radius 1 is 1.31 bits per heavy atom. The number of morpholine rings is 1. The second kappa shape index (κ2) is 6.24. The van der Waals surface area contributed by atoms with Crippen molar-refractivity contribution in [3.8, 4) is 0 Å². The van der Waals surface area contributed by atoms with Crippen molar-refractivity contribution in [1.82, 2.24) is 4.90 Å². The Kier molecular flexibility index (Phi) is 4.64. The number of alkyl halides is 1. The lowest BCUT2D eigenvalue weighted by Gasteiger charge is -2.32. The topological polar surface area (TPSA) is 12.5 Å². The molecule has 1 aliphatic rings. The van der Waals surface area contributed by atoms with Crippen LogP contribution in [0.15, 0.2) is 30.3 Å². The van der Waals surface area contributed by atoms with E-state index in [0.29, 0.717) is 12.0 Å². The van der Waals surface area contributed by atoms with E-state index in [2.05, 4.69) is 35.2 Å². The van der Waals surface area contributed by atoms with E-state index in [1.54, 1.807) is 0 Å². The van der Waals surface area contributed by atoms with Gasteiger partial charge in [0.1, 0.15) is 0 Å². The number of rotatable bonds is 4. The van der Waals surface area contributed by atoms with Gasteiger partial charge in [-0.05, 0) is 12.0 Å². The van der Waals surface area contributed by atoms with Gasteiger partial charge in [0, 0.05) is 25.5 Å². The molecule has 0 bridgehead atoms. The van der Waals surface area contributed by atoms with Crippen LogP contribution in [0, 0.1) is 0 Å². The number of halogens is 1. The van der Waals surface area contributed by atoms with Crippen molar-refractivity contribution >= 4 is 11.6 Å². The molecule has 2 nitrogen and oxygen atoms in total. The summed E-state index contributed by atoms with van der Waals surface area (Å²) in [5.41, 5.74) is 1.37. The van der Waals surface area contributed by atoms with Crippen LogP contribution in [0.4, 0.5) is 0 Å². The number of hydrogen-bond donors (Lipinski definition) is 0. The molecule has 1 heterocycles. The lowest BCUT2D eigenvalue weighted by atomic mass is 10.1. The smallest absolute Gasteiger partial charge is 0.0714 e. The molecule has 0 amide bonds. The van der Waals surface area contributed by atoms with Crippen molar-refractivity contribution in [2.45, 2.75) is 19.1 Å². The zero-order valence-electron chi connectivity index (χ0n) is 9.44. The molecule has 1 atom stereocenters. The van der Waals surface area contributed by atoms with E-state index >= 15 is 0 Å². The molecule has 0 spiro atoms. The van der Waals surface area contributed by atoms with Crippen molar-refractivity contribution in [3.05, 3.63) is 35.9 Å². The van der Waals surface area contributed by atoms with Gasteiger partial charge in [0.2, 0.25) is 0 Å². The van der Waals surface area contributed by atoms with Gasteiger partial charge in [-0.1, -0.05) is 30.3 Å². The fraction of sp³-hybridized carbons (Fsp3) is 0.538. The summed E-state index contributed by atoms with van der Waals surface area (Å²) in [7, 11) is 0. The molecule has 0 aliphatic carbocycles. The first-order valence-electron chi connectivity index (χ1n) is 5.82. The Hall–Kier alpha value is -0.570. The van der Waals surface area contributed by atoms with E-state index in [1.807, 2.05) is 0 Å². The highest BCUT2D eigenvalue weighted by molar-refractivity contribution is 6.17. The predicted molar refractivity (Wildman–Crippen MR) is 66.8 cm³/mol. The van der Waals surface area contributed by atoms with Crippen molar-refractivity contribution < 1.29 is 4.74 Å². The van der Waals surface area contributed by atoms with E-state index in [9.17, 15) is 0 Å². The Morgan fingerprint density at radius 3 is 2.88 bits per heavy atom. The zero-order chi connectivity index (χ0) is 11.2. The molecule has 1 aliphatic heterocycles. The highest BCUT2D eigenvalue weighted by Crippen LogP contribution is 2.12. The van der Waals surface area contributed by atoms with Crippen LogP contribution in [0.25, 0.3) is 0 Å². The van der Waals surface area contributed by atoms with Gasteiger partial charge in [-0.15, -0.1) is 11.6 Å². The van der Waals surface area contributed by atoms with Gasteiger partial charge >= 0.3 is 0 Å². The summed E-state index contributed by atoms with van der Waals surface area (Å²) in [5, 5.41) is 0. The average Bonchev–Trinajstić information content (AvgIpc) is 2.31. The van der Waals surface area contributed by atoms with E-state index < -0.39 is 0 Å². The van der Waals surface area contributed by atoms with E-state index in [1.165, 1.54) is 5.56 Å². The third-order valence-electron chi connectivity index (χ3n) is 2.90. The zero-order valence-corrected chi connectivity index (χ0v) is 10.2. The third-order valence-corrected chi connectivity index (χ3v) is 3.12. The molecule has 16 heavy (non-hydrogen) atoms. The number of ether oxygens (including phenoxy) is 1. The predicted octanol–water partition coefficient (Wildman–Crippen LogP) is 2.52. The van der Waals surface area contributed by atoms with Gasteiger partial charge < -0.3 is 4.74 Å². The Labute approximate surface area is 102 Å². The van der Waals surface area contributed by atoms with Gasteiger partial charge in [0.15, 0.2) is 0 Å². The molecule has 1 fully saturated rings. The average molecular weight is 240 g/mol. The van der Waals surface area contributed by atoms with Crippen LogP contribution in [0.1, 0.15) is 12.0 Å². The highest BCUT2D eigenvalue weighted by Gasteiger charge is 2.19. The van der Waals surface area contributed by atoms with Crippen molar-refractivity contribution in [2.75, 3.05) is 25.6 Å². The van der Waals surface area contributed by atoms with Gasteiger partial charge in [-0.25, -0.2) is 0 Å². The van der Waals surface area contributed by atoms with Crippen LogP contribution in [-0.2, 0) is 11.3 Å². The highest BCUT2D eigenvalue weighted by atomic mass is 35.5. The quantitative estimate of drug-likeness (QED) is 0.749. The maximum absolute atomic E-state index is 5.74. The SMILES string of the molecule is ClCC[C@@H]1CN(Cc2ccccc2)CCO1. The summed E-state index contributed by atoms with van der Waals surface area (Å²) in [6, 6.07) is 10.6. The molecular formula is C13H18ClNO. The monoisotopic (exact) mass is 239 g/mol. The van der Waals surface area contributed by atoms with E-state index in [0.717, 1.165) is 32.7 Å². The summed E-state index contributed by atoms with van der Waals surface area (Å²) in [6.45, 7) is 3.87. The third kappa shape index (κ3) is 3.48. The molecular weight excluding hydrogens is 222 g/mol. The molecule has 1 saturated heterocycles. The molecule has 88 valence electrons. The van der Waals surface area contributed by atoms with Gasteiger partial charge in [-0.3, -0.25) is 4.90 Å². The van der Waals surface area contributed by atoms with Crippen LogP contribution >= 0.6 is 11.6 Å². The van der Waals surface area contributed by atoms with Crippen molar-refractivity contribution in [3.63, 3.8) is 0 Å². The first-order chi connectivity index (χ1) is 7.88. The van der Waals surface area contributed by atoms with Gasteiger partial charge in [0.05, 0.1) is 12.7 Å². The summed E-state index contributed by atoms with van der Waals surface area (Å²) < 4.78 is 5.66. The van der Waals surface area contributed by atoms with E-state index in [4.69, 9.17) is 16.3 Å². The standard InChI is InChI=1S/C13H18ClNO/c14-7-6-13-11-15(8-9-16-13)10-12-4-2-1-3-5-12/h1-5,13H,6-11H2/t13-/m1/s1. The molecule has 1 aromatic rings. The lowest BCUT2D eigenvalue weighted by molar-refractivity contribution is -0.0320. The minimum atomic E-state index is 0.315. The van der Waals surface area contributed by atoms with Crippen LogP contribution in [0.3, 0.4) is 0 Å². The molecule has 3 heteroatoms. The van der Waals surface area contributed by atoms with Crippen LogP contribution in [0.2, 0.25) is 0 Å². The second-order valence-corrected chi connectivity index (χ2v) is 4.57. The normalized spacial score (nSPS) is 22.2. The van der Waals surface area contributed by atoms with Crippen molar-refractivity contribution in [2.24, 2.45) is 0 Å². The summed E-state index contributed by atoms with van der Waals surface area (Å²) in [5.74, 6) is 0.684. The number of nitrogens with zero attached hydrogens (tertiary/aromatic N) is 1. The minimum absolute atomic E-state index is 0.315. The van der Waals surface area contributed by atoms with Crippen LogP contribution < -0.4 is 0 Å². The van der Waals surface area contributed by atoms with Crippen LogP contribution in [-0.4, -0.2) is 36.6 Å². The lowest BCUT2D eigenvalue weighted by Crippen LogP contribution is -2.42. The first kappa shape index (κ1) is 11.9. The maximum atomic E-state index is 5.74. The van der Waals surface area contributed by atoms with Crippen molar-refractivity contribution in [1.29, 1.82) is 0 Å². The number of hydrogen-bond acceptors (Lipinski definition) is 2. The Balaban J connectivity index is 1.85. The second-order valence-electron chi connectivity index (χ2n) is 4.19. The van der Waals surface area contributed by atoms with Crippen LogP contribution in [0.5, 0.6) is 0 Å². The molecule has 2 rings (SSSR count). The maximum Gasteiger partial charge on any atom is 0.0714 e. The largest absolute Gasteiger partial charge is 0.376 e. The summed E-state index contributed by atoms with van der Waals surface area (Å²) in [4.78, 5) is 2.44. The molecule has 0 radical (unpaired) electrons. The Bertz CT molecular complexity index is 302. The molecule has 0 unspecified atom stereocenters. The number of benzene rings is 1. The van der Waals surface area contributed by atoms with Gasteiger partial charge in [0.25, 0.3) is 0 Å². The fourth-order valence-electron chi connectivity index (χ4n) is 2.06. The summed E-state index contributed by atoms with van der Waals surface area (Å²) >= 11 is 5.74. The molecule has 0 saturated carbocycles. The minimum Gasteiger partial charge on any atom is -0.376 e. The van der Waals surface area contributed by atoms with Gasteiger partial charge in [-0.2, -0.15) is 0 Å². The molecule has 1 aromatic carbocycles. The Morgan fingerprint density at radius 2 is 2.12 bits per heavy atom. The molecule has 0 N–H and O–H groups in total. The first-order valence-corrected chi connectivity index (χ1v) is 6.36. The summed E-state index contributed by atoms with van der Waals surface area (Å²) in [6.07, 6.45) is 1.27. The van der Waals surface area contributed by atoms with E-state index in [-0.39, 0.29) is 0 Å². The molecule has 0 aromatic heterocycles. The fourth-order valence-corrected chi connectivity index (χ4v) is 2.31.